The molecule has 0 saturated carbocycles. The molecule has 0 spiro atoms. The molecule has 0 aliphatic carbocycles. The topological polar surface area (TPSA) is 67.6 Å². The van der Waals surface area contributed by atoms with Crippen LogP contribution in [-0.2, 0) is 9.53 Å². The SMILES string of the molecule is CCC(CC)(CN)C(=O)NCC(C)N1CCOCC1. The summed E-state index contributed by atoms with van der Waals surface area (Å²) >= 11 is 0. The first-order valence-electron chi connectivity index (χ1n) is 7.39. The Hall–Kier alpha value is -0.650. The quantitative estimate of drug-likeness (QED) is 0.711. The maximum absolute atomic E-state index is 12.3. The van der Waals surface area contributed by atoms with Gasteiger partial charge >= 0.3 is 0 Å². The zero-order chi connectivity index (χ0) is 14.3. The van der Waals surface area contributed by atoms with E-state index in [1.807, 2.05) is 13.8 Å². The summed E-state index contributed by atoms with van der Waals surface area (Å²) in [6, 6.07) is 0.344. The average molecular weight is 271 g/mol. The van der Waals surface area contributed by atoms with Crippen molar-refractivity contribution in [1.82, 2.24) is 10.2 Å². The van der Waals surface area contributed by atoms with Crippen LogP contribution in [0.4, 0.5) is 0 Å². The fraction of sp³-hybridized carbons (Fsp3) is 0.929. The Morgan fingerprint density at radius 2 is 1.95 bits per heavy atom. The predicted octanol–water partition coefficient (Wildman–Crippen LogP) is 0.588. The first-order valence-corrected chi connectivity index (χ1v) is 7.39. The Bertz CT molecular complexity index is 266. The van der Waals surface area contributed by atoms with Gasteiger partial charge in [0.2, 0.25) is 5.91 Å². The number of amides is 1. The lowest BCUT2D eigenvalue weighted by Gasteiger charge is -2.34. The molecular weight excluding hydrogens is 242 g/mol. The molecule has 1 saturated heterocycles. The Labute approximate surface area is 116 Å². The highest BCUT2D eigenvalue weighted by Crippen LogP contribution is 2.24. The number of hydrogen-bond acceptors (Lipinski definition) is 4. The van der Waals surface area contributed by atoms with E-state index in [2.05, 4.69) is 17.1 Å². The summed E-state index contributed by atoms with van der Waals surface area (Å²) in [5.74, 6) is 0.0973. The second-order valence-electron chi connectivity index (χ2n) is 5.40. The lowest BCUT2D eigenvalue weighted by atomic mass is 9.81. The Kier molecular flexibility index (Phi) is 6.75. The fourth-order valence-corrected chi connectivity index (χ4v) is 2.53. The molecule has 5 heteroatoms. The van der Waals surface area contributed by atoms with Crippen LogP contribution in [0.1, 0.15) is 33.6 Å². The van der Waals surface area contributed by atoms with Crippen LogP contribution in [-0.4, -0.2) is 56.2 Å². The van der Waals surface area contributed by atoms with Crippen molar-refractivity contribution >= 4 is 5.91 Å². The summed E-state index contributed by atoms with van der Waals surface area (Å²) in [6.45, 7) is 10.8. The van der Waals surface area contributed by atoms with Gasteiger partial charge in [0.15, 0.2) is 0 Å². The molecule has 0 aromatic heterocycles. The molecule has 112 valence electrons. The number of rotatable bonds is 7. The first kappa shape index (κ1) is 16.4. The van der Waals surface area contributed by atoms with Gasteiger partial charge in [-0.25, -0.2) is 0 Å². The van der Waals surface area contributed by atoms with Gasteiger partial charge in [-0.3, -0.25) is 9.69 Å². The van der Waals surface area contributed by atoms with E-state index in [1.165, 1.54) is 0 Å². The molecule has 1 aliphatic heterocycles. The molecule has 1 atom stereocenters. The lowest BCUT2D eigenvalue weighted by molar-refractivity contribution is -0.131. The zero-order valence-electron chi connectivity index (χ0n) is 12.6. The van der Waals surface area contributed by atoms with E-state index in [4.69, 9.17) is 10.5 Å². The van der Waals surface area contributed by atoms with Crippen LogP contribution < -0.4 is 11.1 Å². The molecule has 1 amide bonds. The Morgan fingerprint density at radius 3 is 2.42 bits per heavy atom. The predicted molar refractivity (Wildman–Crippen MR) is 76.9 cm³/mol. The minimum absolute atomic E-state index is 0.0973. The van der Waals surface area contributed by atoms with E-state index in [0.29, 0.717) is 19.1 Å². The second-order valence-corrected chi connectivity index (χ2v) is 5.40. The summed E-state index contributed by atoms with van der Waals surface area (Å²) in [6.07, 6.45) is 1.58. The molecule has 5 nitrogen and oxygen atoms in total. The van der Waals surface area contributed by atoms with Crippen molar-refractivity contribution < 1.29 is 9.53 Å². The summed E-state index contributed by atoms with van der Waals surface area (Å²) in [5, 5.41) is 3.07. The first-order chi connectivity index (χ1) is 9.09. The van der Waals surface area contributed by atoms with Crippen LogP contribution in [0.15, 0.2) is 0 Å². The monoisotopic (exact) mass is 271 g/mol. The molecule has 3 N–H and O–H groups in total. The van der Waals surface area contributed by atoms with Crippen molar-refractivity contribution in [1.29, 1.82) is 0 Å². The van der Waals surface area contributed by atoms with E-state index < -0.39 is 5.41 Å². The molecule has 0 bridgehead atoms. The van der Waals surface area contributed by atoms with Gasteiger partial charge < -0.3 is 15.8 Å². The van der Waals surface area contributed by atoms with Crippen molar-refractivity contribution in [2.24, 2.45) is 11.1 Å². The summed E-state index contributed by atoms with van der Waals surface area (Å²) in [7, 11) is 0. The maximum atomic E-state index is 12.3. The van der Waals surface area contributed by atoms with Crippen molar-refractivity contribution in [3.05, 3.63) is 0 Å². The molecule has 19 heavy (non-hydrogen) atoms. The minimum Gasteiger partial charge on any atom is -0.379 e. The summed E-state index contributed by atoms with van der Waals surface area (Å²) in [5.41, 5.74) is 5.39. The third-order valence-corrected chi connectivity index (χ3v) is 4.45. The number of nitrogens with zero attached hydrogens (tertiary/aromatic N) is 1. The molecule has 1 rings (SSSR count). The highest BCUT2D eigenvalue weighted by Gasteiger charge is 2.33. The van der Waals surface area contributed by atoms with E-state index in [-0.39, 0.29) is 5.91 Å². The fourth-order valence-electron chi connectivity index (χ4n) is 2.53. The number of ether oxygens (including phenoxy) is 1. The van der Waals surface area contributed by atoms with Crippen molar-refractivity contribution in [3.63, 3.8) is 0 Å². The van der Waals surface area contributed by atoms with Crippen LogP contribution >= 0.6 is 0 Å². The third-order valence-electron chi connectivity index (χ3n) is 4.45. The van der Waals surface area contributed by atoms with Crippen molar-refractivity contribution in [3.8, 4) is 0 Å². The van der Waals surface area contributed by atoms with Crippen LogP contribution in [0.2, 0.25) is 0 Å². The number of nitrogens with two attached hydrogens (primary N) is 1. The molecule has 1 heterocycles. The van der Waals surface area contributed by atoms with Gasteiger partial charge in [0.1, 0.15) is 0 Å². The van der Waals surface area contributed by atoms with Crippen LogP contribution in [0.3, 0.4) is 0 Å². The van der Waals surface area contributed by atoms with Gasteiger partial charge in [-0.2, -0.15) is 0 Å². The molecule has 1 unspecified atom stereocenters. The van der Waals surface area contributed by atoms with Crippen molar-refractivity contribution in [2.75, 3.05) is 39.4 Å². The third kappa shape index (κ3) is 4.16. The smallest absolute Gasteiger partial charge is 0.227 e. The largest absolute Gasteiger partial charge is 0.379 e. The number of carbonyl (C=O) groups is 1. The normalized spacial score (nSPS) is 19.2. The van der Waals surface area contributed by atoms with Crippen molar-refractivity contribution in [2.45, 2.75) is 39.7 Å². The Morgan fingerprint density at radius 1 is 1.37 bits per heavy atom. The van der Waals surface area contributed by atoms with Gasteiger partial charge in [-0.1, -0.05) is 13.8 Å². The summed E-state index contributed by atoms with van der Waals surface area (Å²) < 4.78 is 5.34. The second kappa shape index (κ2) is 7.82. The van der Waals surface area contributed by atoms with Crippen LogP contribution in [0.5, 0.6) is 0 Å². The highest BCUT2D eigenvalue weighted by molar-refractivity contribution is 5.82. The minimum atomic E-state index is -0.398. The van der Waals surface area contributed by atoms with E-state index in [0.717, 1.165) is 39.1 Å². The van der Waals surface area contributed by atoms with Gasteiger partial charge in [0.25, 0.3) is 0 Å². The van der Waals surface area contributed by atoms with Crippen LogP contribution in [0.25, 0.3) is 0 Å². The standard InChI is InChI=1S/C14H29N3O2/c1-4-14(5-2,11-15)13(18)16-10-12(3)17-6-8-19-9-7-17/h12H,4-11,15H2,1-3H3,(H,16,18). The van der Waals surface area contributed by atoms with Gasteiger partial charge in [0.05, 0.1) is 18.6 Å². The van der Waals surface area contributed by atoms with E-state index in [1.54, 1.807) is 0 Å². The van der Waals surface area contributed by atoms with Gasteiger partial charge in [0, 0.05) is 32.2 Å². The van der Waals surface area contributed by atoms with Gasteiger partial charge in [-0.05, 0) is 19.8 Å². The number of hydrogen-bond donors (Lipinski definition) is 2. The Balaban J connectivity index is 2.43. The average Bonchev–Trinajstić information content (AvgIpc) is 2.48. The maximum Gasteiger partial charge on any atom is 0.227 e. The highest BCUT2D eigenvalue weighted by atomic mass is 16.5. The zero-order valence-corrected chi connectivity index (χ0v) is 12.6. The lowest BCUT2D eigenvalue weighted by Crippen LogP contribution is -2.51. The molecule has 0 radical (unpaired) electrons. The van der Waals surface area contributed by atoms with E-state index >= 15 is 0 Å². The number of carbonyl (C=O) groups excluding carboxylic acids is 1. The molecule has 1 aliphatic rings. The molecule has 0 aromatic carbocycles. The molecule has 0 aromatic rings. The number of morpholine rings is 1. The molecular formula is C14H29N3O2. The number of nitrogens with one attached hydrogen (secondary N) is 1. The summed E-state index contributed by atoms with van der Waals surface area (Å²) in [4.78, 5) is 14.7. The van der Waals surface area contributed by atoms with Crippen LogP contribution in [0, 0.1) is 5.41 Å². The van der Waals surface area contributed by atoms with E-state index in [9.17, 15) is 4.79 Å². The molecule has 1 fully saturated rings. The van der Waals surface area contributed by atoms with Gasteiger partial charge in [-0.15, -0.1) is 0 Å².